The van der Waals surface area contributed by atoms with Crippen LogP contribution < -0.4 is 11.5 Å². The molecule has 2 amide bonds. The Morgan fingerprint density at radius 1 is 1.11 bits per heavy atom. The Kier molecular flexibility index (Phi) is 5.74. The van der Waals surface area contributed by atoms with Crippen LogP contribution in [0, 0.1) is 12.7 Å². The SMILES string of the molecule is CCc1nc(Cn2nc(C(F)(F)F)c(-c3c(C(N)=O)nc4cc(F)ccc4c3C(N)=O)c2C)no1. The largest absolute Gasteiger partial charge is 0.435 e. The van der Waals surface area contributed by atoms with Gasteiger partial charge in [-0.05, 0) is 19.1 Å². The topological polar surface area (TPSA) is 156 Å². The molecule has 0 aliphatic rings. The molecule has 3 aromatic heterocycles. The van der Waals surface area contributed by atoms with Crippen molar-refractivity contribution in [3.05, 3.63) is 58.4 Å². The lowest BCUT2D eigenvalue weighted by molar-refractivity contribution is -0.141. The minimum absolute atomic E-state index is 0.0603. The number of carbonyl (C=O) groups is 2. The summed E-state index contributed by atoms with van der Waals surface area (Å²) < 4.78 is 62.1. The van der Waals surface area contributed by atoms with E-state index in [4.69, 9.17) is 16.0 Å². The van der Waals surface area contributed by atoms with E-state index in [0.29, 0.717) is 6.42 Å². The number of nitrogens with zero attached hydrogens (tertiary/aromatic N) is 5. The van der Waals surface area contributed by atoms with Gasteiger partial charge in [0.05, 0.1) is 11.1 Å². The first-order valence-corrected chi connectivity index (χ1v) is 10.1. The number of fused-ring (bicyclic) bond motifs is 1. The number of halogens is 4. The van der Waals surface area contributed by atoms with Gasteiger partial charge in [0.15, 0.2) is 11.5 Å². The minimum Gasteiger partial charge on any atom is -0.366 e. The molecule has 0 saturated carbocycles. The Morgan fingerprint density at radius 2 is 1.83 bits per heavy atom. The van der Waals surface area contributed by atoms with E-state index in [1.807, 2.05) is 0 Å². The third-order valence-electron chi connectivity index (χ3n) is 5.26. The first kappa shape index (κ1) is 23.8. The van der Waals surface area contributed by atoms with Crippen molar-refractivity contribution in [2.75, 3.05) is 0 Å². The number of aromatic nitrogens is 5. The lowest BCUT2D eigenvalue weighted by atomic mass is 9.92. The van der Waals surface area contributed by atoms with Crippen LogP contribution in [0.4, 0.5) is 17.6 Å². The van der Waals surface area contributed by atoms with Crippen molar-refractivity contribution in [2.45, 2.75) is 33.0 Å². The number of pyridine rings is 1. The third kappa shape index (κ3) is 4.18. The van der Waals surface area contributed by atoms with Gasteiger partial charge in [-0.2, -0.15) is 23.3 Å². The fourth-order valence-electron chi connectivity index (χ4n) is 3.75. The molecule has 0 spiro atoms. The lowest BCUT2D eigenvalue weighted by Gasteiger charge is -2.16. The molecule has 3 heterocycles. The highest BCUT2D eigenvalue weighted by molar-refractivity contribution is 6.15. The maximum absolute atomic E-state index is 14.1. The van der Waals surface area contributed by atoms with Crippen molar-refractivity contribution in [2.24, 2.45) is 11.5 Å². The second-order valence-electron chi connectivity index (χ2n) is 7.52. The quantitative estimate of drug-likeness (QED) is 0.393. The summed E-state index contributed by atoms with van der Waals surface area (Å²) in [5, 5.41) is 7.31. The third-order valence-corrected chi connectivity index (χ3v) is 5.26. The van der Waals surface area contributed by atoms with E-state index in [1.165, 1.54) is 6.92 Å². The zero-order valence-electron chi connectivity index (χ0n) is 18.3. The molecular weight excluding hydrogens is 474 g/mol. The second-order valence-corrected chi connectivity index (χ2v) is 7.52. The van der Waals surface area contributed by atoms with Crippen molar-refractivity contribution in [1.82, 2.24) is 24.9 Å². The number of alkyl halides is 3. The van der Waals surface area contributed by atoms with Gasteiger partial charge in [0, 0.05) is 34.7 Å². The van der Waals surface area contributed by atoms with Crippen molar-refractivity contribution in [3.8, 4) is 11.1 Å². The molecule has 0 atom stereocenters. The van der Waals surface area contributed by atoms with Gasteiger partial charge in [-0.1, -0.05) is 12.1 Å². The molecule has 4 N–H and O–H groups in total. The Labute approximate surface area is 193 Å². The summed E-state index contributed by atoms with van der Waals surface area (Å²) >= 11 is 0. The van der Waals surface area contributed by atoms with Crippen LogP contribution in [-0.4, -0.2) is 36.7 Å². The van der Waals surface area contributed by atoms with Crippen molar-refractivity contribution < 1.29 is 31.7 Å². The average molecular weight is 491 g/mol. The lowest BCUT2D eigenvalue weighted by Crippen LogP contribution is -2.21. The zero-order chi connectivity index (χ0) is 25.7. The maximum Gasteiger partial charge on any atom is 0.435 e. The highest BCUT2D eigenvalue weighted by Crippen LogP contribution is 2.42. The van der Waals surface area contributed by atoms with Crippen LogP contribution >= 0.6 is 0 Å². The molecule has 1 aromatic carbocycles. The molecular formula is C21H17F4N7O3. The Balaban J connectivity index is 2.08. The molecule has 4 aromatic rings. The molecule has 0 unspecified atom stereocenters. The molecule has 0 aliphatic heterocycles. The smallest absolute Gasteiger partial charge is 0.366 e. The monoisotopic (exact) mass is 491 g/mol. The van der Waals surface area contributed by atoms with Gasteiger partial charge in [-0.25, -0.2) is 9.37 Å². The van der Waals surface area contributed by atoms with E-state index in [9.17, 15) is 27.2 Å². The number of hydrogen-bond donors (Lipinski definition) is 2. The van der Waals surface area contributed by atoms with Crippen LogP contribution in [0.2, 0.25) is 0 Å². The molecule has 0 aliphatic carbocycles. The second kappa shape index (κ2) is 8.45. The van der Waals surface area contributed by atoms with E-state index >= 15 is 0 Å². The standard InChI is InChI=1S/C21H17F4N7O3/c1-3-13-29-12(31-35-13)7-32-8(2)14(18(30-32)21(23,24)25)16-15(19(26)33)10-5-4-9(22)6-11(10)28-17(16)20(27)34/h4-6H,3,7H2,1-2H3,(H2,26,33)(H2,27,34). The number of primary amides is 2. The van der Waals surface area contributed by atoms with E-state index in [1.54, 1.807) is 6.92 Å². The molecule has 0 saturated heterocycles. The number of rotatable bonds is 6. The summed E-state index contributed by atoms with van der Waals surface area (Å²) in [5.41, 5.74) is 6.89. The fourth-order valence-corrected chi connectivity index (χ4v) is 3.75. The van der Waals surface area contributed by atoms with Crippen LogP contribution in [-0.2, 0) is 19.1 Å². The first-order valence-electron chi connectivity index (χ1n) is 10.1. The van der Waals surface area contributed by atoms with E-state index < -0.39 is 51.9 Å². The fraction of sp³-hybridized carbons (Fsp3) is 0.238. The Bertz CT molecular complexity index is 1490. The van der Waals surface area contributed by atoms with Gasteiger partial charge in [0.1, 0.15) is 18.1 Å². The van der Waals surface area contributed by atoms with E-state index in [2.05, 4.69) is 20.2 Å². The molecule has 35 heavy (non-hydrogen) atoms. The molecule has 14 heteroatoms. The van der Waals surface area contributed by atoms with Gasteiger partial charge >= 0.3 is 6.18 Å². The van der Waals surface area contributed by atoms with Crippen LogP contribution in [0.15, 0.2) is 22.7 Å². The Morgan fingerprint density at radius 3 is 2.40 bits per heavy atom. The summed E-state index contributed by atoms with van der Waals surface area (Å²) in [5.74, 6) is -2.84. The zero-order valence-corrected chi connectivity index (χ0v) is 18.3. The van der Waals surface area contributed by atoms with Crippen LogP contribution in [0.3, 0.4) is 0 Å². The highest BCUT2D eigenvalue weighted by atomic mass is 19.4. The van der Waals surface area contributed by atoms with Gasteiger partial charge in [0.2, 0.25) is 11.8 Å². The van der Waals surface area contributed by atoms with E-state index in [0.717, 1.165) is 22.9 Å². The van der Waals surface area contributed by atoms with Crippen molar-refractivity contribution in [3.63, 3.8) is 0 Å². The Hall–Kier alpha value is -4.36. The van der Waals surface area contributed by atoms with Gasteiger partial charge in [-0.15, -0.1) is 0 Å². The van der Waals surface area contributed by atoms with Crippen LogP contribution in [0.5, 0.6) is 0 Å². The normalized spacial score (nSPS) is 11.8. The van der Waals surface area contributed by atoms with Crippen molar-refractivity contribution >= 4 is 22.7 Å². The number of nitrogens with two attached hydrogens (primary N) is 2. The van der Waals surface area contributed by atoms with Crippen molar-refractivity contribution in [1.29, 1.82) is 0 Å². The summed E-state index contributed by atoms with van der Waals surface area (Å²) in [6, 6.07) is 3.01. The van der Waals surface area contributed by atoms with E-state index in [-0.39, 0.29) is 34.9 Å². The predicted molar refractivity (Wildman–Crippen MR) is 112 cm³/mol. The maximum atomic E-state index is 14.1. The van der Waals surface area contributed by atoms with Gasteiger partial charge in [-0.3, -0.25) is 14.3 Å². The number of amides is 2. The average Bonchev–Trinajstić information content (AvgIpc) is 3.36. The highest BCUT2D eigenvalue weighted by Gasteiger charge is 2.41. The summed E-state index contributed by atoms with van der Waals surface area (Å²) in [6.07, 6.45) is -4.60. The molecule has 0 fully saturated rings. The molecule has 0 radical (unpaired) electrons. The number of carbonyl (C=O) groups excluding carboxylic acids is 2. The first-order chi connectivity index (χ1) is 16.4. The van der Waals surface area contributed by atoms with Crippen LogP contribution in [0.25, 0.3) is 22.0 Å². The number of aryl methyl sites for hydroxylation is 1. The predicted octanol–water partition coefficient (Wildman–Crippen LogP) is 2.76. The molecule has 0 bridgehead atoms. The van der Waals surface area contributed by atoms with Gasteiger partial charge < -0.3 is 16.0 Å². The number of benzene rings is 1. The van der Waals surface area contributed by atoms with Crippen LogP contribution in [0.1, 0.15) is 50.9 Å². The number of hydrogen-bond acceptors (Lipinski definition) is 7. The molecule has 182 valence electrons. The summed E-state index contributed by atoms with van der Waals surface area (Å²) in [6.45, 7) is 2.75. The van der Waals surface area contributed by atoms with Gasteiger partial charge in [0.25, 0.3) is 5.91 Å². The summed E-state index contributed by atoms with van der Waals surface area (Å²) in [7, 11) is 0. The molecule has 10 nitrogen and oxygen atoms in total. The summed E-state index contributed by atoms with van der Waals surface area (Å²) in [4.78, 5) is 32.8. The minimum atomic E-state index is -5.02. The molecule has 4 rings (SSSR count).